The van der Waals surface area contributed by atoms with Crippen LogP contribution in [-0.4, -0.2) is 24.3 Å². The van der Waals surface area contributed by atoms with E-state index in [0.29, 0.717) is 19.3 Å². The van der Waals surface area contributed by atoms with Crippen molar-refractivity contribution >= 4 is 5.97 Å². The minimum Gasteiger partial charge on any atom is -0.469 e. The van der Waals surface area contributed by atoms with Crippen molar-refractivity contribution in [2.24, 2.45) is 0 Å². The minimum atomic E-state index is -0.362. The maximum Gasteiger partial charge on any atom is 0.305 e. The summed E-state index contributed by atoms with van der Waals surface area (Å²) in [6.45, 7) is 1.88. The largest absolute Gasteiger partial charge is 0.469 e. The summed E-state index contributed by atoms with van der Waals surface area (Å²) in [5, 5.41) is 8.99. The third kappa shape index (κ3) is 4.32. The Morgan fingerprint density at radius 3 is 2.70 bits per heavy atom. The van der Waals surface area contributed by atoms with Crippen LogP contribution in [0.5, 0.6) is 0 Å². The van der Waals surface area contributed by atoms with Crippen molar-refractivity contribution in [3.8, 4) is 0 Å². The topological polar surface area (TPSA) is 46.5 Å². The Morgan fingerprint density at radius 1 is 1.70 bits per heavy atom. The van der Waals surface area contributed by atoms with Crippen LogP contribution in [0.3, 0.4) is 0 Å². The van der Waals surface area contributed by atoms with Crippen LogP contribution in [0.1, 0.15) is 26.2 Å². The molecule has 0 unspecified atom stereocenters. The zero-order valence-corrected chi connectivity index (χ0v) is 6.46. The lowest BCUT2D eigenvalue weighted by molar-refractivity contribution is -0.141. The monoisotopic (exact) mass is 146 g/mol. The Hall–Kier alpha value is -0.570. The van der Waals surface area contributed by atoms with Crippen LogP contribution >= 0.6 is 0 Å². The third-order valence-corrected chi connectivity index (χ3v) is 1.38. The summed E-state index contributed by atoms with van der Waals surface area (Å²) in [7, 11) is 1.35. The number of methoxy groups -OCH3 is 1. The van der Waals surface area contributed by atoms with Gasteiger partial charge in [0.2, 0.25) is 0 Å². The standard InChI is InChI=1S/C7H14O3/c1-3-6(8)4-5-7(9)10-2/h6,8H,3-5H2,1-2H3/t6-/m0/s1. The van der Waals surface area contributed by atoms with Crippen molar-refractivity contribution in [2.45, 2.75) is 32.3 Å². The van der Waals surface area contributed by atoms with Gasteiger partial charge in [0.15, 0.2) is 0 Å². The number of aliphatic hydroxyl groups excluding tert-OH is 1. The molecule has 0 aliphatic carbocycles. The van der Waals surface area contributed by atoms with Gasteiger partial charge in [-0.3, -0.25) is 4.79 Å². The number of esters is 1. The molecule has 0 aromatic heterocycles. The van der Waals surface area contributed by atoms with Gasteiger partial charge in [-0.1, -0.05) is 6.92 Å². The lowest BCUT2D eigenvalue weighted by Crippen LogP contribution is -2.08. The third-order valence-electron chi connectivity index (χ3n) is 1.38. The highest BCUT2D eigenvalue weighted by Gasteiger charge is 2.04. The van der Waals surface area contributed by atoms with Crippen LogP contribution in [0.4, 0.5) is 0 Å². The van der Waals surface area contributed by atoms with E-state index in [0.717, 1.165) is 0 Å². The summed E-state index contributed by atoms with van der Waals surface area (Å²) in [5.41, 5.74) is 0. The molecule has 60 valence electrons. The molecule has 0 bridgehead atoms. The molecule has 0 aromatic carbocycles. The molecular weight excluding hydrogens is 132 g/mol. The Morgan fingerprint density at radius 2 is 2.30 bits per heavy atom. The van der Waals surface area contributed by atoms with E-state index >= 15 is 0 Å². The summed E-state index contributed by atoms with van der Waals surface area (Å²) in [6, 6.07) is 0. The van der Waals surface area contributed by atoms with Crippen LogP contribution in [0.25, 0.3) is 0 Å². The zero-order valence-electron chi connectivity index (χ0n) is 6.46. The van der Waals surface area contributed by atoms with Crippen molar-refractivity contribution in [2.75, 3.05) is 7.11 Å². The molecular formula is C7H14O3. The molecule has 0 radical (unpaired) electrons. The smallest absolute Gasteiger partial charge is 0.305 e. The molecule has 0 heterocycles. The van der Waals surface area contributed by atoms with E-state index in [1.807, 2.05) is 6.92 Å². The van der Waals surface area contributed by atoms with Crippen LogP contribution in [-0.2, 0) is 9.53 Å². The summed E-state index contributed by atoms with van der Waals surface area (Å²) in [5.74, 6) is -0.257. The fraction of sp³-hybridized carbons (Fsp3) is 0.857. The van der Waals surface area contributed by atoms with Crippen molar-refractivity contribution < 1.29 is 14.6 Å². The van der Waals surface area contributed by atoms with E-state index in [9.17, 15) is 4.79 Å². The maximum absolute atomic E-state index is 10.5. The molecule has 0 aliphatic rings. The van der Waals surface area contributed by atoms with Crippen LogP contribution in [0, 0.1) is 0 Å². The molecule has 0 saturated carbocycles. The number of hydrogen-bond donors (Lipinski definition) is 1. The Bertz CT molecular complexity index is 101. The van der Waals surface area contributed by atoms with Gasteiger partial charge in [-0.2, -0.15) is 0 Å². The summed E-state index contributed by atoms with van der Waals surface area (Å²) >= 11 is 0. The quantitative estimate of drug-likeness (QED) is 0.594. The van der Waals surface area contributed by atoms with Crippen LogP contribution in [0.15, 0.2) is 0 Å². The molecule has 1 N–H and O–H groups in total. The first kappa shape index (κ1) is 9.43. The molecule has 0 saturated heterocycles. The first-order valence-corrected chi connectivity index (χ1v) is 3.45. The highest BCUT2D eigenvalue weighted by Crippen LogP contribution is 2.01. The van der Waals surface area contributed by atoms with Crippen molar-refractivity contribution in [3.63, 3.8) is 0 Å². The van der Waals surface area contributed by atoms with Gasteiger partial charge in [-0.25, -0.2) is 0 Å². The highest BCUT2D eigenvalue weighted by molar-refractivity contribution is 5.69. The van der Waals surface area contributed by atoms with Gasteiger partial charge in [0.25, 0.3) is 0 Å². The number of aliphatic hydroxyl groups is 1. The van der Waals surface area contributed by atoms with Crippen LogP contribution < -0.4 is 0 Å². The van der Waals surface area contributed by atoms with Crippen molar-refractivity contribution in [1.82, 2.24) is 0 Å². The number of hydrogen-bond acceptors (Lipinski definition) is 3. The predicted octanol–water partition coefficient (Wildman–Crippen LogP) is 0.710. The molecule has 1 atom stereocenters. The summed E-state index contributed by atoms with van der Waals surface area (Å²) < 4.78 is 4.40. The normalized spacial score (nSPS) is 12.7. The zero-order chi connectivity index (χ0) is 7.98. The first-order valence-electron chi connectivity index (χ1n) is 3.45. The second-order valence-electron chi connectivity index (χ2n) is 2.18. The van der Waals surface area contributed by atoms with Gasteiger partial charge in [0, 0.05) is 6.42 Å². The highest BCUT2D eigenvalue weighted by atomic mass is 16.5. The van der Waals surface area contributed by atoms with Gasteiger partial charge >= 0.3 is 5.97 Å². The van der Waals surface area contributed by atoms with Gasteiger partial charge in [-0.15, -0.1) is 0 Å². The Kier molecular flexibility index (Phi) is 4.94. The average molecular weight is 146 g/mol. The molecule has 0 rings (SSSR count). The summed E-state index contributed by atoms with van der Waals surface area (Å²) in [4.78, 5) is 10.5. The number of rotatable bonds is 4. The fourth-order valence-electron chi connectivity index (χ4n) is 0.591. The Balaban J connectivity index is 3.26. The molecule has 0 aromatic rings. The first-order chi connectivity index (χ1) is 4.70. The van der Waals surface area contributed by atoms with Gasteiger partial charge in [-0.05, 0) is 12.8 Å². The van der Waals surface area contributed by atoms with E-state index in [4.69, 9.17) is 5.11 Å². The number of ether oxygens (including phenoxy) is 1. The number of carbonyl (C=O) groups excluding carboxylic acids is 1. The van der Waals surface area contributed by atoms with E-state index in [-0.39, 0.29) is 12.1 Å². The van der Waals surface area contributed by atoms with E-state index in [1.54, 1.807) is 0 Å². The number of carbonyl (C=O) groups is 1. The van der Waals surface area contributed by atoms with E-state index in [1.165, 1.54) is 7.11 Å². The molecule has 0 aliphatic heterocycles. The maximum atomic E-state index is 10.5. The second kappa shape index (κ2) is 5.23. The summed E-state index contributed by atoms with van der Waals surface area (Å²) in [6.07, 6.45) is 1.14. The van der Waals surface area contributed by atoms with Gasteiger partial charge in [0.1, 0.15) is 0 Å². The van der Waals surface area contributed by atoms with E-state index < -0.39 is 0 Å². The molecule has 0 fully saturated rings. The van der Waals surface area contributed by atoms with Gasteiger partial charge in [0.05, 0.1) is 13.2 Å². The lowest BCUT2D eigenvalue weighted by Gasteiger charge is -2.04. The second-order valence-corrected chi connectivity index (χ2v) is 2.18. The fourth-order valence-corrected chi connectivity index (χ4v) is 0.591. The predicted molar refractivity (Wildman–Crippen MR) is 37.5 cm³/mol. The lowest BCUT2D eigenvalue weighted by atomic mass is 10.1. The van der Waals surface area contributed by atoms with Crippen LogP contribution in [0.2, 0.25) is 0 Å². The SMILES string of the molecule is CC[C@H](O)CCC(=O)OC. The molecule has 10 heavy (non-hydrogen) atoms. The molecule has 0 amide bonds. The molecule has 3 heteroatoms. The van der Waals surface area contributed by atoms with Gasteiger partial charge < -0.3 is 9.84 Å². The van der Waals surface area contributed by atoms with Crippen molar-refractivity contribution in [3.05, 3.63) is 0 Å². The minimum absolute atomic E-state index is 0.257. The molecule has 3 nitrogen and oxygen atoms in total. The Labute approximate surface area is 61.0 Å². The van der Waals surface area contributed by atoms with E-state index in [2.05, 4.69) is 4.74 Å². The molecule has 0 spiro atoms. The average Bonchev–Trinajstić information content (AvgIpc) is 1.99. The van der Waals surface area contributed by atoms with Crippen molar-refractivity contribution in [1.29, 1.82) is 0 Å².